The molecule has 0 radical (unpaired) electrons. The maximum absolute atomic E-state index is 14.6. The summed E-state index contributed by atoms with van der Waals surface area (Å²) in [6.45, 7) is 17.3. The van der Waals surface area contributed by atoms with E-state index in [1.54, 1.807) is 26.9 Å². The second-order valence-electron chi connectivity index (χ2n) is 11.5. The van der Waals surface area contributed by atoms with Crippen LogP contribution in [-0.4, -0.2) is 96.3 Å². The van der Waals surface area contributed by atoms with Crippen molar-refractivity contribution in [2.24, 2.45) is 11.8 Å². The molecule has 3 heterocycles. The lowest BCUT2D eigenvalue weighted by molar-refractivity contribution is -0.145. The number of benzene rings is 1. The summed E-state index contributed by atoms with van der Waals surface area (Å²) in [5, 5.41) is 9.45. The molecular weight excluding hydrogens is 532 g/mol. The minimum atomic E-state index is -1.06. The van der Waals surface area contributed by atoms with Crippen molar-refractivity contribution in [1.82, 2.24) is 9.80 Å². The first-order chi connectivity index (χ1) is 20.3. The Hall–Kier alpha value is -3.17. The molecule has 3 aliphatic heterocycles. The van der Waals surface area contributed by atoms with E-state index in [1.165, 1.54) is 0 Å². The van der Waals surface area contributed by atoms with Crippen molar-refractivity contribution in [3.8, 4) is 0 Å². The van der Waals surface area contributed by atoms with Gasteiger partial charge < -0.3 is 29.4 Å². The highest BCUT2D eigenvalue weighted by atomic mass is 16.5. The topological polar surface area (TPSA) is 93.6 Å². The molecule has 42 heavy (non-hydrogen) atoms. The molecule has 1 N–H and O–H groups in total. The van der Waals surface area contributed by atoms with E-state index in [9.17, 15) is 19.5 Å². The van der Waals surface area contributed by atoms with Gasteiger partial charge in [-0.25, -0.2) is 0 Å². The zero-order chi connectivity index (χ0) is 30.4. The van der Waals surface area contributed by atoms with Gasteiger partial charge in [0.15, 0.2) is 0 Å². The number of amides is 3. The number of nitrogens with zero attached hydrogens (tertiary/aromatic N) is 4. The van der Waals surface area contributed by atoms with Crippen LogP contribution in [0.25, 0.3) is 0 Å². The smallest absolute Gasteiger partial charge is 0.253 e. The minimum absolute atomic E-state index is 0.00388. The highest BCUT2D eigenvalue weighted by Crippen LogP contribution is 2.59. The quantitative estimate of drug-likeness (QED) is 0.237. The summed E-state index contributed by atoms with van der Waals surface area (Å²) in [6, 6.07) is 7.04. The molecule has 1 aromatic carbocycles. The summed E-state index contributed by atoms with van der Waals surface area (Å²) in [7, 11) is 0. The fourth-order valence-electron chi connectivity index (χ4n) is 7.31. The predicted molar refractivity (Wildman–Crippen MR) is 165 cm³/mol. The number of ether oxygens (including phenoxy) is 1. The lowest BCUT2D eigenvalue weighted by Gasteiger charge is -2.37. The number of hydrogen-bond acceptors (Lipinski definition) is 6. The summed E-state index contributed by atoms with van der Waals surface area (Å²) in [5.41, 5.74) is 0.731. The normalized spacial score (nSPS) is 25.8. The van der Waals surface area contributed by atoms with Gasteiger partial charge in [-0.1, -0.05) is 19.1 Å². The van der Waals surface area contributed by atoms with Gasteiger partial charge in [-0.15, -0.1) is 13.2 Å². The van der Waals surface area contributed by atoms with Gasteiger partial charge in [-0.05, 0) is 70.2 Å². The Labute approximate surface area is 250 Å². The van der Waals surface area contributed by atoms with E-state index in [2.05, 4.69) is 31.9 Å². The van der Waals surface area contributed by atoms with E-state index in [4.69, 9.17) is 4.74 Å². The van der Waals surface area contributed by atoms with Gasteiger partial charge in [0, 0.05) is 57.3 Å². The van der Waals surface area contributed by atoms with E-state index in [1.807, 2.05) is 31.2 Å². The van der Waals surface area contributed by atoms with Gasteiger partial charge in [0.2, 0.25) is 11.8 Å². The number of anilines is 2. The van der Waals surface area contributed by atoms with Crippen LogP contribution in [0.5, 0.6) is 0 Å². The maximum atomic E-state index is 14.6. The standard InChI is InChI=1S/C33H48N4O5/c1-6-19-35(20-7-2)30(39)27-26-17-18-33(42-26)28(27)31(40)37(22-11-12-23-38)29(33)32(41)36(21-8-3)25-15-13-24(14-16-25)34(9-4)10-5/h6,8,13-16,26-29,38H,1,3,7,9-12,17-23H2,2,4-5H3/t26-,27+,28-,29?,33?/m0/s1. The number of hydrogen-bond donors (Lipinski definition) is 1. The van der Waals surface area contributed by atoms with Crippen molar-refractivity contribution in [3.05, 3.63) is 49.6 Å². The van der Waals surface area contributed by atoms with Crippen LogP contribution in [0.2, 0.25) is 0 Å². The van der Waals surface area contributed by atoms with Crippen molar-refractivity contribution in [1.29, 1.82) is 0 Å². The highest BCUT2D eigenvalue weighted by molar-refractivity contribution is 6.05. The van der Waals surface area contributed by atoms with Gasteiger partial charge in [0.1, 0.15) is 11.6 Å². The molecule has 9 heteroatoms. The summed E-state index contributed by atoms with van der Waals surface area (Å²) < 4.78 is 6.64. The number of aliphatic hydroxyl groups is 1. The Bertz CT molecular complexity index is 1140. The third-order valence-electron chi connectivity index (χ3n) is 9.15. The van der Waals surface area contributed by atoms with Crippen LogP contribution < -0.4 is 9.80 Å². The summed E-state index contributed by atoms with van der Waals surface area (Å²) in [6.07, 6.45) is 6.03. The van der Waals surface area contributed by atoms with Crippen LogP contribution in [0, 0.1) is 11.8 Å². The van der Waals surface area contributed by atoms with Gasteiger partial charge in [0.05, 0.1) is 17.9 Å². The van der Waals surface area contributed by atoms with Crippen molar-refractivity contribution < 1.29 is 24.2 Å². The average Bonchev–Trinajstić information content (AvgIpc) is 3.64. The number of rotatable bonds is 16. The molecule has 2 bridgehead atoms. The number of aliphatic hydroxyl groups excluding tert-OH is 1. The van der Waals surface area contributed by atoms with E-state index in [0.29, 0.717) is 45.3 Å². The molecule has 9 nitrogen and oxygen atoms in total. The number of carbonyl (C=O) groups is 3. The molecule has 3 amide bonds. The van der Waals surface area contributed by atoms with E-state index in [-0.39, 0.29) is 30.9 Å². The average molecular weight is 581 g/mol. The summed E-state index contributed by atoms with van der Waals surface area (Å²) in [5.74, 6) is -1.86. The highest BCUT2D eigenvalue weighted by Gasteiger charge is 2.74. The molecule has 0 aliphatic carbocycles. The number of likely N-dealkylation sites (tertiary alicyclic amines) is 1. The third kappa shape index (κ3) is 5.61. The molecule has 230 valence electrons. The fraction of sp³-hybridized carbons (Fsp3) is 0.606. The van der Waals surface area contributed by atoms with Gasteiger partial charge in [-0.2, -0.15) is 0 Å². The zero-order valence-electron chi connectivity index (χ0n) is 25.5. The lowest BCUT2D eigenvalue weighted by atomic mass is 9.70. The monoisotopic (exact) mass is 580 g/mol. The molecule has 3 saturated heterocycles. The lowest BCUT2D eigenvalue weighted by Crippen LogP contribution is -2.56. The third-order valence-corrected chi connectivity index (χ3v) is 9.15. The Morgan fingerprint density at radius 3 is 2.31 bits per heavy atom. The first-order valence-corrected chi connectivity index (χ1v) is 15.6. The first-order valence-electron chi connectivity index (χ1n) is 15.6. The van der Waals surface area contributed by atoms with E-state index >= 15 is 0 Å². The molecule has 1 aromatic rings. The van der Waals surface area contributed by atoms with Crippen LogP contribution >= 0.6 is 0 Å². The Balaban J connectivity index is 1.72. The summed E-state index contributed by atoms with van der Waals surface area (Å²) in [4.78, 5) is 50.1. The van der Waals surface area contributed by atoms with Gasteiger partial charge in [0.25, 0.3) is 5.91 Å². The van der Waals surface area contributed by atoms with Crippen molar-refractivity contribution >= 4 is 29.1 Å². The molecular formula is C33H48N4O5. The van der Waals surface area contributed by atoms with Crippen LogP contribution in [0.1, 0.15) is 52.9 Å². The Morgan fingerprint density at radius 1 is 1.05 bits per heavy atom. The largest absolute Gasteiger partial charge is 0.396 e. The predicted octanol–water partition coefficient (Wildman–Crippen LogP) is 3.62. The van der Waals surface area contributed by atoms with Crippen molar-refractivity contribution in [2.75, 3.05) is 55.7 Å². The fourth-order valence-corrected chi connectivity index (χ4v) is 7.31. The minimum Gasteiger partial charge on any atom is -0.396 e. The molecule has 3 fully saturated rings. The molecule has 3 aliphatic rings. The van der Waals surface area contributed by atoms with Crippen LogP contribution in [0.4, 0.5) is 11.4 Å². The van der Waals surface area contributed by atoms with Gasteiger partial charge >= 0.3 is 0 Å². The first kappa shape index (κ1) is 31.8. The number of unbranched alkanes of at least 4 members (excludes halogenated alkanes) is 1. The molecule has 4 rings (SSSR count). The number of carbonyl (C=O) groups excluding carboxylic acids is 3. The second-order valence-corrected chi connectivity index (χ2v) is 11.5. The second kappa shape index (κ2) is 13.9. The van der Waals surface area contributed by atoms with Crippen LogP contribution in [0.3, 0.4) is 0 Å². The van der Waals surface area contributed by atoms with Crippen molar-refractivity contribution in [3.63, 3.8) is 0 Å². The van der Waals surface area contributed by atoms with E-state index in [0.717, 1.165) is 30.9 Å². The Kier molecular flexibility index (Phi) is 10.5. The molecule has 5 atom stereocenters. The van der Waals surface area contributed by atoms with Crippen LogP contribution in [0.15, 0.2) is 49.6 Å². The van der Waals surface area contributed by atoms with Crippen LogP contribution in [-0.2, 0) is 19.1 Å². The zero-order valence-corrected chi connectivity index (χ0v) is 25.5. The molecule has 2 unspecified atom stereocenters. The van der Waals surface area contributed by atoms with Crippen molar-refractivity contribution in [2.45, 2.75) is 70.6 Å². The van der Waals surface area contributed by atoms with Gasteiger partial charge in [-0.3, -0.25) is 14.4 Å². The molecule has 0 aromatic heterocycles. The number of fused-ring (bicyclic) bond motifs is 1. The maximum Gasteiger partial charge on any atom is 0.253 e. The van der Waals surface area contributed by atoms with E-state index < -0.39 is 29.6 Å². The Morgan fingerprint density at radius 2 is 1.71 bits per heavy atom. The molecule has 1 spiro atoms. The SMILES string of the molecule is C=CCN(CCC)C(=O)[C@@H]1[C@@H]2CCC3(O2)C(C(=O)N(CC=C)c2ccc(N(CC)CC)cc2)N(CCCCO)C(=O)[C@H]13. The molecule has 0 saturated carbocycles. The summed E-state index contributed by atoms with van der Waals surface area (Å²) >= 11 is 0.